The molecule has 0 aliphatic rings. The van der Waals surface area contributed by atoms with E-state index in [0.29, 0.717) is 0 Å². The van der Waals surface area contributed by atoms with E-state index in [2.05, 4.69) is 57.5 Å². The second-order valence-corrected chi connectivity index (χ2v) is 9.48. The van der Waals surface area contributed by atoms with Crippen LogP contribution in [0.3, 0.4) is 0 Å². The first kappa shape index (κ1) is 20.6. The molecule has 0 saturated heterocycles. The van der Waals surface area contributed by atoms with Gasteiger partial charge in [0.1, 0.15) is 0 Å². The first-order valence-corrected chi connectivity index (χ1v) is 11.7. The van der Waals surface area contributed by atoms with Crippen LogP contribution < -0.4 is 5.32 Å². The molecule has 1 amide bonds. The Morgan fingerprint density at radius 1 is 1.13 bits per heavy atom. The molecule has 0 fully saturated rings. The number of benzene rings is 2. The van der Waals surface area contributed by atoms with E-state index in [-0.39, 0.29) is 17.7 Å². The van der Waals surface area contributed by atoms with Crippen molar-refractivity contribution in [2.24, 2.45) is 0 Å². The van der Waals surface area contributed by atoms with Crippen molar-refractivity contribution in [1.82, 2.24) is 14.8 Å². The highest BCUT2D eigenvalue weighted by atomic mass is 32.2. The monoisotopic (exact) mass is 436 g/mol. The molecule has 0 aliphatic carbocycles. The molecule has 0 radical (unpaired) electrons. The summed E-state index contributed by atoms with van der Waals surface area (Å²) in [6, 6.07) is 14.5. The van der Waals surface area contributed by atoms with E-state index in [1.54, 1.807) is 11.3 Å². The quantitative estimate of drug-likeness (QED) is 0.372. The van der Waals surface area contributed by atoms with Gasteiger partial charge in [-0.05, 0) is 57.0 Å². The highest BCUT2D eigenvalue weighted by Gasteiger charge is 2.20. The number of hydrogen-bond acceptors (Lipinski definition) is 5. The van der Waals surface area contributed by atoms with Gasteiger partial charge in [-0.1, -0.05) is 36.0 Å². The largest absolute Gasteiger partial charge is 0.325 e. The third-order valence-corrected chi connectivity index (χ3v) is 6.65. The number of nitrogens with one attached hydrogen (secondary N) is 1. The number of carbonyl (C=O) groups is 1. The summed E-state index contributed by atoms with van der Waals surface area (Å²) in [5, 5.41) is 15.9. The van der Waals surface area contributed by atoms with E-state index >= 15 is 0 Å². The predicted octanol–water partition coefficient (Wildman–Crippen LogP) is 6.09. The average Bonchev–Trinajstić information content (AvgIpc) is 3.29. The van der Waals surface area contributed by atoms with Crippen LogP contribution in [0.5, 0.6) is 0 Å². The van der Waals surface area contributed by atoms with Crippen molar-refractivity contribution in [3.05, 3.63) is 59.0 Å². The predicted molar refractivity (Wildman–Crippen MR) is 126 cm³/mol. The molecule has 2 heterocycles. The topological polar surface area (TPSA) is 59.8 Å². The summed E-state index contributed by atoms with van der Waals surface area (Å²) in [5.74, 6) is 1.08. The van der Waals surface area contributed by atoms with Gasteiger partial charge in [-0.25, -0.2) is 0 Å². The number of anilines is 1. The molecule has 0 unspecified atom stereocenters. The lowest BCUT2D eigenvalue weighted by Crippen LogP contribution is -2.15. The van der Waals surface area contributed by atoms with Gasteiger partial charge in [0.25, 0.3) is 0 Å². The number of aryl methyl sites for hydroxylation is 2. The fourth-order valence-electron chi connectivity index (χ4n) is 3.55. The normalized spacial score (nSPS) is 11.4. The Balaban J connectivity index is 1.54. The van der Waals surface area contributed by atoms with Crippen molar-refractivity contribution in [2.75, 3.05) is 11.1 Å². The third kappa shape index (κ3) is 4.27. The Labute approximate surface area is 184 Å². The fraction of sp³-hybridized carbons (Fsp3) is 0.261. The van der Waals surface area contributed by atoms with Crippen LogP contribution in [-0.4, -0.2) is 26.4 Å². The molecule has 0 bridgehead atoms. The van der Waals surface area contributed by atoms with Crippen LogP contribution in [-0.2, 0) is 4.79 Å². The molecule has 1 N–H and O–H groups in total. The molecule has 2 aromatic heterocycles. The Kier molecular flexibility index (Phi) is 5.92. The van der Waals surface area contributed by atoms with Gasteiger partial charge in [-0.2, -0.15) is 0 Å². The average molecular weight is 437 g/mol. The number of hydrogen-bond donors (Lipinski definition) is 1. The van der Waals surface area contributed by atoms with Crippen LogP contribution in [0.15, 0.2) is 53.0 Å². The summed E-state index contributed by atoms with van der Waals surface area (Å²) >= 11 is 3.12. The molecular formula is C23H24N4OS2. The van der Waals surface area contributed by atoms with Crippen LogP contribution in [0, 0.1) is 13.8 Å². The number of thioether (sulfide) groups is 1. The van der Waals surface area contributed by atoms with Crippen molar-refractivity contribution in [2.45, 2.75) is 38.9 Å². The van der Waals surface area contributed by atoms with E-state index in [1.165, 1.54) is 21.8 Å². The first-order chi connectivity index (χ1) is 14.4. The second kappa shape index (κ2) is 8.62. The summed E-state index contributed by atoms with van der Waals surface area (Å²) in [5.41, 5.74) is 4.17. The smallest absolute Gasteiger partial charge is 0.234 e. The Morgan fingerprint density at radius 3 is 2.60 bits per heavy atom. The van der Waals surface area contributed by atoms with Crippen molar-refractivity contribution in [1.29, 1.82) is 0 Å². The lowest BCUT2D eigenvalue weighted by molar-refractivity contribution is -0.113. The molecule has 2 aromatic carbocycles. The minimum absolute atomic E-state index is 0.0501. The molecule has 4 rings (SSSR count). The van der Waals surface area contributed by atoms with E-state index < -0.39 is 0 Å². The summed E-state index contributed by atoms with van der Waals surface area (Å²) in [6.07, 6.45) is 0. The zero-order chi connectivity index (χ0) is 21.3. The van der Waals surface area contributed by atoms with E-state index in [4.69, 9.17) is 0 Å². The van der Waals surface area contributed by atoms with Crippen molar-refractivity contribution in [3.8, 4) is 11.4 Å². The molecule has 7 heteroatoms. The number of nitrogens with zero attached hydrogens (tertiary/aromatic N) is 3. The summed E-state index contributed by atoms with van der Waals surface area (Å²) in [4.78, 5) is 12.5. The third-order valence-electron chi connectivity index (χ3n) is 4.74. The maximum atomic E-state index is 12.5. The SMILES string of the molecule is Cc1cc(C)cc(NC(=O)CSc2nnc(-c3csc4ccccc34)n2C(C)C)c1. The first-order valence-electron chi connectivity index (χ1n) is 9.85. The van der Waals surface area contributed by atoms with Crippen LogP contribution in [0.25, 0.3) is 21.5 Å². The molecular weight excluding hydrogens is 412 g/mol. The molecule has 154 valence electrons. The highest BCUT2D eigenvalue weighted by Crippen LogP contribution is 2.35. The fourth-order valence-corrected chi connectivity index (χ4v) is 5.36. The van der Waals surface area contributed by atoms with Gasteiger partial charge in [-0.3, -0.25) is 9.36 Å². The number of amides is 1. The lowest BCUT2D eigenvalue weighted by atomic mass is 10.1. The second-order valence-electron chi connectivity index (χ2n) is 7.63. The number of thiophene rings is 1. The minimum Gasteiger partial charge on any atom is -0.325 e. The zero-order valence-electron chi connectivity index (χ0n) is 17.5. The van der Waals surface area contributed by atoms with Gasteiger partial charge in [-0.15, -0.1) is 21.5 Å². The minimum atomic E-state index is -0.0501. The van der Waals surface area contributed by atoms with Crippen molar-refractivity contribution in [3.63, 3.8) is 0 Å². The Hall–Kier alpha value is -2.64. The number of aromatic nitrogens is 3. The molecule has 5 nitrogen and oxygen atoms in total. The van der Waals surface area contributed by atoms with Gasteiger partial charge in [0.2, 0.25) is 5.91 Å². The summed E-state index contributed by atoms with van der Waals surface area (Å²) < 4.78 is 3.34. The van der Waals surface area contributed by atoms with Gasteiger partial charge in [0.15, 0.2) is 11.0 Å². The Morgan fingerprint density at radius 2 is 1.87 bits per heavy atom. The lowest BCUT2D eigenvalue weighted by Gasteiger charge is -2.13. The van der Waals surface area contributed by atoms with Gasteiger partial charge >= 0.3 is 0 Å². The molecule has 4 aromatic rings. The molecule has 0 spiro atoms. The van der Waals surface area contributed by atoms with E-state index in [1.807, 2.05) is 38.1 Å². The van der Waals surface area contributed by atoms with E-state index in [0.717, 1.165) is 33.4 Å². The molecule has 30 heavy (non-hydrogen) atoms. The molecule has 0 atom stereocenters. The standard InChI is InChI=1S/C23H24N4OS2/c1-14(2)27-22(19-12-29-20-8-6-5-7-18(19)20)25-26-23(27)30-13-21(28)24-17-10-15(3)9-16(4)11-17/h5-12,14H,13H2,1-4H3,(H,24,28). The summed E-state index contributed by atoms with van der Waals surface area (Å²) in [7, 11) is 0. The maximum Gasteiger partial charge on any atom is 0.234 e. The van der Waals surface area contributed by atoms with Crippen LogP contribution in [0.1, 0.15) is 31.0 Å². The molecule has 0 saturated carbocycles. The number of carbonyl (C=O) groups excluding carboxylic acids is 1. The number of rotatable bonds is 6. The van der Waals surface area contributed by atoms with Gasteiger partial charge in [0, 0.05) is 32.8 Å². The highest BCUT2D eigenvalue weighted by molar-refractivity contribution is 7.99. The van der Waals surface area contributed by atoms with Crippen LogP contribution in [0.4, 0.5) is 5.69 Å². The zero-order valence-corrected chi connectivity index (χ0v) is 19.1. The van der Waals surface area contributed by atoms with Crippen LogP contribution >= 0.6 is 23.1 Å². The maximum absolute atomic E-state index is 12.5. The molecule has 0 aliphatic heterocycles. The van der Waals surface area contributed by atoms with Gasteiger partial charge in [0.05, 0.1) is 5.75 Å². The van der Waals surface area contributed by atoms with E-state index in [9.17, 15) is 4.79 Å². The van der Waals surface area contributed by atoms with Crippen molar-refractivity contribution >= 4 is 44.8 Å². The number of fused-ring (bicyclic) bond motifs is 1. The summed E-state index contributed by atoms with van der Waals surface area (Å²) in [6.45, 7) is 8.28. The van der Waals surface area contributed by atoms with Crippen molar-refractivity contribution < 1.29 is 4.79 Å². The van der Waals surface area contributed by atoms with Gasteiger partial charge < -0.3 is 5.32 Å². The van der Waals surface area contributed by atoms with Crippen LogP contribution in [0.2, 0.25) is 0 Å². The Bertz CT molecular complexity index is 1190.